The lowest BCUT2D eigenvalue weighted by Crippen LogP contribution is -2.36. The summed E-state index contributed by atoms with van der Waals surface area (Å²) in [5.74, 6) is -0.252. The molecular formula is C9H15NO2. The number of carbonyl (C=O) groups excluding carboxylic acids is 1. The smallest absolute Gasteiger partial charge is 0.151 e. The lowest BCUT2D eigenvalue weighted by Gasteiger charge is -2.21. The molecule has 0 spiro atoms. The molecule has 0 saturated carbocycles. The van der Waals surface area contributed by atoms with Crippen LogP contribution in [0.25, 0.3) is 0 Å². The Kier molecular flexibility index (Phi) is 3.69. The third-order valence-electron chi connectivity index (χ3n) is 2.22. The summed E-state index contributed by atoms with van der Waals surface area (Å²) in [6.45, 7) is 7.15. The summed E-state index contributed by atoms with van der Waals surface area (Å²) in [6.07, 6.45) is 2.25. The van der Waals surface area contributed by atoms with Crippen molar-refractivity contribution < 1.29 is 9.53 Å². The molecule has 1 fully saturated rings. The molecule has 1 aliphatic heterocycles. The van der Waals surface area contributed by atoms with Crippen molar-refractivity contribution in [2.75, 3.05) is 26.8 Å². The van der Waals surface area contributed by atoms with Crippen molar-refractivity contribution in [2.24, 2.45) is 0 Å². The molecule has 12 heavy (non-hydrogen) atoms. The minimum atomic E-state index is -0.252. The Balaban J connectivity index is 2.35. The predicted molar refractivity (Wildman–Crippen MR) is 45.8 cm³/mol. The maximum absolute atomic E-state index is 10.6. The van der Waals surface area contributed by atoms with E-state index in [9.17, 15) is 4.79 Å². The largest absolute Gasteiger partial charge is 0.383 e. The van der Waals surface area contributed by atoms with Crippen molar-refractivity contribution in [3.05, 3.63) is 6.92 Å². The highest BCUT2D eigenvalue weighted by Gasteiger charge is 2.24. The summed E-state index contributed by atoms with van der Waals surface area (Å²) in [5.41, 5.74) is 0. The first kappa shape index (κ1) is 9.68. The van der Waals surface area contributed by atoms with E-state index in [0.717, 1.165) is 19.4 Å². The van der Waals surface area contributed by atoms with Gasteiger partial charge in [0.2, 0.25) is 0 Å². The topological polar surface area (TPSA) is 29.5 Å². The Hall–Kier alpha value is -0.410. The number of ketones is 1. The highest BCUT2D eigenvalue weighted by molar-refractivity contribution is 5.84. The molecule has 0 aromatic rings. The summed E-state index contributed by atoms with van der Waals surface area (Å²) in [6, 6.07) is 0.391. The van der Waals surface area contributed by atoms with Crippen LogP contribution >= 0.6 is 0 Å². The summed E-state index contributed by atoms with van der Waals surface area (Å²) in [5, 5.41) is 0. The standard InChI is InChI=1S/C9H15NO2/c1-8(11)6-10-5-3-4-9(10)7-12-2/h1,9H,3-7H2,2H3/t9-/m1/s1. The molecule has 3 nitrogen and oxygen atoms in total. The number of rotatable bonds is 4. The van der Waals surface area contributed by atoms with E-state index in [1.165, 1.54) is 0 Å². The minimum Gasteiger partial charge on any atom is -0.383 e. The number of nitrogens with zero attached hydrogens (tertiary/aromatic N) is 1. The molecule has 0 aromatic carbocycles. The minimum absolute atomic E-state index is 0.252. The van der Waals surface area contributed by atoms with Gasteiger partial charge in [0.1, 0.15) is 0 Å². The summed E-state index contributed by atoms with van der Waals surface area (Å²) in [4.78, 5) is 12.7. The third-order valence-corrected chi connectivity index (χ3v) is 2.22. The SMILES string of the molecule is [CH]C(=O)CN1CCC[C@@H]1COC. The normalized spacial score (nSPS) is 24.7. The Morgan fingerprint density at radius 2 is 2.50 bits per heavy atom. The van der Waals surface area contributed by atoms with Crippen LogP contribution in [-0.4, -0.2) is 43.5 Å². The maximum atomic E-state index is 10.6. The zero-order valence-electron chi connectivity index (χ0n) is 7.45. The second-order valence-corrected chi connectivity index (χ2v) is 3.19. The summed E-state index contributed by atoms with van der Waals surface area (Å²) < 4.78 is 5.04. The molecule has 0 amide bonds. The third kappa shape index (κ3) is 2.57. The Morgan fingerprint density at radius 1 is 1.75 bits per heavy atom. The van der Waals surface area contributed by atoms with E-state index in [1.54, 1.807) is 7.11 Å². The van der Waals surface area contributed by atoms with E-state index in [1.807, 2.05) is 0 Å². The van der Waals surface area contributed by atoms with Gasteiger partial charge in [-0.05, 0) is 19.4 Å². The average Bonchev–Trinajstić information content (AvgIpc) is 2.37. The second-order valence-electron chi connectivity index (χ2n) is 3.19. The van der Waals surface area contributed by atoms with Crippen molar-refractivity contribution in [1.82, 2.24) is 4.90 Å². The number of Topliss-reactive ketones (excluding diaryl/α,β-unsaturated/α-hetero) is 1. The van der Waals surface area contributed by atoms with Crippen molar-refractivity contribution in [3.8, 4) is 0 Å². The Bertz CT molecular complexity index is 159. The van der Waals surface area contributed by atoms with Crippen LogP contribution in [0.15, 0.2) is 0 Å². The zero-order chi connectivity index (χ0) is 8.97. The monoisotopic (exact) mass is 169 g/mol. The van der Waals surface area contributed by atoms with Crippen LogP contribution in [-0.2, 0) is 9.53 Å². The molecule has 1 saturated heterocycles. The van der Waals surface area contributed by atoms with Gasteiger partial charge in [0.25, 0.3) is 0 Å². The molecule has 1 aliphatic rings. The number of ether oxygens (including phenoxy) is 1. The first-order valence-electron chi connectivity index (χ1n) is 4.25. The van der Waals surface area contributed by atoms with E-state index in [2.05, 4.69) is 4.90 Å². The van der Waals surface area contributed by atoms with E-state index in [0.29, 0.717) is 19.2 Å². The first-order chi connectivity index (χ1) is 5.74. The van der Waals surface area contributed by atoms with E-state index >= 15 is 0 Å². The van der Waals surface area contributed by atoms with E-state index in [4.69, 9.17) is 11.7 Å². The molecule has 0 N–H and O–H groups in total. The van der Waals surface area contributed by atoms with Gasteiger partial charge in [-0.3, -0.25) is 9.69 Å². The first-order valence-corrected chi connectivity index (χ1v) is 4.25. The van der Waals surface area contributed by atoms with Gasteiger partial charge < -0.3 is 4.74 Å². The van der Waals surface area contributed by atoms with Gasteiger partial charge in [0, 0.05) is 20.1 Å². The molecule has 1 atom stereocenters. The number of carbonyl (C=O) groups is 1. The van der Waals surface area contributed by atoms with Gasteiger partial charge in [0.05, 0.1) is 13.2 Å². The molecule has 68 valence electrons. The quantitative estimate of drug-likeness (QED) is 0.609. The van der Waals surface area contributed by atoms with Crippen LogP contribution in [0.4, 0.5) is 0 Å². The van der Waals surface area contributed by atoms with Gasteiger partial charge in [0.15, 0.2) is 5.78 Å². The van der Waals surface area contributed by atoms with Gasteiger partial charge >= 0.3 is 0 Å². The van der Waals surface area contributed by atoms with Gasteiger partial charge in [-0.2, -0.15) is 0 Å². The van der Waals surface area contributed by atoms with Crippen LogP contribution in [0.3, 0.4) is 0 Å². The van der Waals surface area contributed by atoms with E-state index < -0.39 is 0 Å². The second kappa shape index (κ2) is 4.58. The molecule has 1 rings (SSSR count). The average molecular weight is 169 g/mol. The van der Waals surface area contributed by atoms with Crippen molar-refractivity contribution >= 4 is 5.78 Å². The molecule has 3 heteroatoms. The zero-order valence-corrected chi connectivity index (χ0v) is 7.45. The lowest BCUT2D eigenvalue weighted by molar-refractivity contribution is -0.116. The lowest BCUT2D eigenvalue weighted by atomic mass is 10.2. The van der Waals surface area contributed by atoms with E-state index in [-0.39, 0.29) is 5.78 Å². The molecule has 2 radical (unpaired) electrons. The molecule has 0 bridgehead atoms. The predicted octanol–water partition coefficient (Wildman–Crippen LogP) is 0.377. The fourth-order valence-electron chi connectivity index (χ4n) is 1.68. The number of methoxy groups -OCH3 is 1. The highest BCUT2D eigenvalue weighted by atomic mass is 16.5. The maximum Gasteiger partial charge on any atom is 0.151 e. The van der Waals surface area contributed by atoms with Crippen LogP contribution in [0.5, 0.6) is 0 Å². The molecule has 0 aromatic heterocycles. The van der Waals surface area contributed by atoms with Crippen molar-refractivity contribution in [3.63, 3.8) is 0 Å². The fraction of sp³-hybridized carbons (Fsp3) is 0.778. The van der Waals surface area contributed by atoms with Gasteiger partial charge in [-0.1, -0.05) is 0 Å². The number of hydrogen-bond donors (Lipinski definition) is 0. The van der Waals surface area contributed by atoms with Crippen LogP contribution in [0, 0.1) is 6.92 Å². The van der Waals surface area contributed by atoms with Crippen LogP contribution in [0.1, 0.15) is 12.8 Å². The Labute approximate surface area is 73.7 Å². The van der Waals surface area contributed by atoms with Gasteiger partial charge in [-0.25, -0.2) is 0 Å². The van der Waals surface area contributed by atoms with Crippen molar-refractivity contribution in [2.45, 2.75) is 18.9 Å². The number of likely N-dealkylation sites (tertiary alicyclic amines) is 1. The molecule has 0 unspecified atom stereocenters. The summed E-state index contributed by atoms with van der Waals surface area (Å²) >= 11 is 0. The fourth-order valence-corrected chi connectivity index (χ4v) is 1.68. The van der Waals surface area contributed by atoms with Crippen LogP contribution in [0.2, 0.25) is 0 Å². The highest BCUT2D eigenvalue weighted by Crippen LogP contribution is 2.16. The molecule has 1 heterocycles. The number of hydrogen-bond acceptors (Lipinski definition) is 3. The van der Waals surface area contributed by atoms with Crippen molar-refractivity contribution in [1.29, 1.82) is 0 Å². The summed E-state index contributed by atoms with van der Waals surface area (Å²) in [7, 11) is 1.68. The van der Waals surface area contributed by atoms with Gasteiger partial charge in [-0.15, -0.1) is 0 Å². The van der Waals surface area contributed by atoms with Crippen LogP contribution < -0.4 is 0 Å². The molecular weight excluding hydrogens is 154 g/mol. The Morgan fingerprint density at radius 3 is 3.08 bits per heavy atom. The molecule has 0 aliphatic carbocycles.